The Hall–Kier alpha value is -1.69. The molecule has 0 atom stereocenters. The van der Waals surface area contributed by atoms with E-state index in [2.05, 4.69) is 4.98 Å². The van der Waals surface area contributed by atoms with Crippen LogP contribution in [0.1, 0.15) is 0 Å². The van der Waals surface area contributed by atoms with Crippen molar-refractivity contribution in [1.82, 2.24) is 4.98 Å². The van der Waals surface area contributed by atoms with Crippen LogP contribution in [0.25, 0.3) is 21.3 Å². The van der Waals surface area contributed by atoms with Crippen LogP contribution < -0.4 is 4.91 Å². The number of fused-ring (bicyclic) bond motifs is 1. The van der Waals surface area contributed by atoms with E-state index in [9.17, 15) is 0 Å². The predicted octanol–water partition coefficient (Wildman–Crippen LogP) is 1.64. The van der Waals surface area contributed by atoms with Crippen molar-refractivity contribution in [3.63, 3.8) is 0 Å². The fraction of sp³-hybridized carbons (Fsp3) is 0. The molecule has 2 aromatic carbocycles. The lowest BCUT2D eigenvalue weighted by molar-refractivity contribution is 0.425. The Bertz CT molecular complexity index is 682. The molecule has 0 aliphatic rings. The Kier molecular flexibility index (Phi) is 2.87. The minimum Gasteiger partial charge on any atom is -0.422 e. The largest absolute Gasteiger partial charge is 0.519 e. The minimum atomic E-state index is -1.50. The molecule has 3 rings (SSSR count). The Morgan fingerprint density at radius 2 is 1.72 bits per heavy atom. The normalized spacial score (nSPS) is 10.8. The highest BCUT2D eigenvalue weighted by Crippen LogP contribution is 2.25. The second-order valence-corrected chi connectivity index (χ2v) is 5.04. The summed E-state index contributed by atoms with van der Waals surface area (Å²) in [5.74, 6) is 0. The van der Waals surface area contributed by atoms with Gasteiger partial charge in [0, 0.05) is 0 Å². The third-order valence-corrected chi connectivity index (χ3v) is 3.79. The van der Waals surface area contributed by atoms with Gasteiger partial charge < -0.3 is 10.0 Å². The molecule has 0 saturated heterocycles. The average Bonchev–Trinajstić information content (AvgIpc) is 2.82. The molecule has 0 aliphatic carbocycles. The fourth-order valence-corrected chi connectivity index (χ4v) is 2.74. The number of hydrogen-bond donors (Lipinski definition) is 2. The van der Waals surface area contributed by atoms with E-state index in [1.165, 1.54) is 11.3 Å². The number of thiazole rings is 1. The molecule has 1 heterocycles. The van der Waals surface area contributed by atoms with Crippen molar-refractivity contribution in [3.05, 3.63) is 48.5 Å². The first kappa shape index (κ1) is 11.4. The summed E-state index contributed by atoms with van der Waals surface area (Å²) in [4.78, 5) is 4.49. The van der Waals surface area contributed by atoms with Gasteiger partial charge in [-0.1, -0.05) is 36.4 Å². The highest BCUT2D eigenvalue weighted by atomic mass is 32.1. The molecule has 0 aliphatic heterocycles. The van der Waals surface area contributed by atoms with E-state index in [0.29, 0.717) is 4.91 Å². The third-order valence-electron chi connectivity index (χ3n) is 2.73. The van der Waals surface area contributed by atoms with Crippen molar-refractivity contribution in [2.24, 2.45) is 0 Å². The van der Waals surface area contributed by atoms with Crippen LogP contribution in [-0.4, -0.2) is 22.2 Å². The van der Waals surface area contributed by atoms with E-state index in [-0.39, 0.29) is 0 Å². The summed E-state index contributed by atoms with van der Waals surface area (Å²) in [6, 6.07) is 16.0. The Morgan fingerprint density at radius 3 is 2.44 bits per heavy atom. The predicted molar refractivity (Wildman–Crippen MR) is 74.9 cm³/mol. The van der Waals surface area contributed by atoms with Crippen LogP contribution in [0.3, 0.4) is 0 Å². The topological polar surface area (TPSA) is 53.4 Å². The van der Waals surface area contributed by atoms with Gasteiger partial charge in [-0.25, -0.2) is 4.98 Å². The molecule has 0 amide bonds. The molecular formula is C13H10BNO2S. The first-order chi connectivity index (χ1) is 8.74. The van der Waals surface area contributed by atoms with Gasteiger partial charge in [-0.15, -0.1) is 11.3 Å². The number of nitrogens with zero attached hydrogens (tertiary/aromatic N) is 1. The van der Waals surface area contributed by atoms with Crippen molar-refractivity contribution in [3.8, 4) is 11.1 Å². The molecule has 88 valence electrons. The molecular weight excluding hydrogens is 245 g/mol. The Morgan fingerprint density at radius 1 is 0.944 bits per heavy atom. The van der Waals surface area contributed by atoms with Gasteiger partial charge >= 0.3 is 7.12 Å². The van der Waals surface area contributed by atoms with Crippen LogP contribution >= 0.6 is 11.3 Å². The van der Waals surface area contributed by atoms with E-state index in [1.54, 1.807) is 0 Å². The lowest BCUT2D eigenvalue weighted by atomic mass is 9.94. The van der Waals surface area contributed by atoms with Gasteiger partial charge in [0.05, 0.1) is 10.2 Å². The highest BCUT2D eigenvalue weighted by Gasteiger charge is 2.16. The number of hydrogen-bond acceptors (Lipinski definition) is 4. The summed E-state index contributed by atoms with van der Waals surface area (Å²) >= 11 is 1.30. The maximum atomic E-state index is 9.11. The van der Waals surface area contributed by atoms with E-state index in [0.717, 1.165) is 21.3 Å². The first-order valence-electron chi connectivity index (χ1n) is 5.56. The van der Waals surface area contributed by atoms with Crippen LogP contribution in [-0.2, 0) is 0 Å². The second-order valence-electron chi connectivity index (χ2n) is 3.97. The summed E-state index contributed by atoms with van der Waals surface area (Å²) in [5.41, 5.74) is 3.03. The standard InChI is InChI=1S/C13H10BNO2S/c16-14(17)13-15-11-7-6-10(8-12(11)18-13)9-4-2-1-3-5-9/h1-8,16-17H. The van der Waals surface area contributed by atoms with Gasteiger partial charge in [-0.05, 0) is 23.3 Å². The molecule has 18 heavy (non-hydrogen) atoms. The molecule has 0 fully saturated rings. The number of rotatable bonds is 2. The van der Waals surface area contributed by atoms with Crippen molar-refractivity contribution in [2.75, 3.05) is 0 Å². The minimum absolute atomic E-state index is 0.329. The van der Waals surface area contributed by atoms with Gasteiger partial charge in [0.1, 0.15) is 4.91 Å². The van der Waals surface area contributed by atoms with Crippen LogP contribution in [0.2, 0.25) is 0 Å². The summed E-state index contributed by atoms with van der Waals surface area (Å²) in [7, 11) is -1.50. The van der Waals surface area contributed by atoms with Crippen molar-refractivity contribution in [2.45, 2.75) is 0 Å². The van der Waals surface area contributed by atoms with Crippen LogP contribution in [0.15, 0.2) is 48.5 Å². The quantitative estimate of drug-likeness (QED) is 0.684. The number of aromatic nitrogens is 1. The molecule has 2 N–H and O–H groups in total. The van der Waals surface area contributed by atoms with Gasteiger partial charge in [-0.2, -0.15) is 0 Å². The molecule has 3 nitrogen and oxygen atoms in total. The zero-order valence-corrected chi connectivity index (χ0v) is 10.3. The summed E-state index contributed by atoms with van der Waals surface area (Å²) in [6.45, 7) is 0. The third kappa shape index (κ3) is 2.03. The lowest BCUT2D eigenvalue weighted by Crippen LogP contribution is -2.28. The Labute approximate surface area is 109 Å². The van der Waals surface area contributed by atoms with Crippen LogP contribution in [0.4, 0.5) is 0 Å². The second kappa shape index (κ2) is 4.53. The van der Waals surface area contributed by atoms with Crippen molar-refractivity contribution < 1.29 is 10.0 Å². The van der Waals surface area contributed by atoms with Gasteiger partial charge in [0.15, 0.2) is 0 Å². The molecule has 0 unspecified atom stereocenters. The summed E-state index contributed by atoms with van der Waals surface area (Å²) < 4.78 is 0.958. The molecule has 0 radical (unpaired) electrons. The molecule has 0 spiro atoms. The number of benzene rings is 2. The molecule has 5 heteroatoms. The van der Waals surface area contributed by atoms with Gasteiger partial charge in [0.2, 0.25) is 0 Å². The van der Waals surface area contributed by atoms with Crippen LogP contribution in [0.5, 0.6) is 0 Å². The highest BCUT2D eigenvalue weighted by molar-refractivity contribution is 7.27. The summed E-state index contributed by atoms with van der Waals surface area (Å²) in [6.07, 6.45) is 0. The van der Waals surface area contributed by atoms with E-state index in [1.807, 2.05) is 48.5 Å². The zero-order valence-electron chi connectivity index (χ0n) is 9.45. The maximum absolute atomic E-state index is 9.11. The fourth-order valence-electron chi connectivity index (χ4n) is 1.86. The van der Waals surface area contributed by atoms with Crippen LogP contribution in [0, 0.1) is 0 Å². The molecule has 3 aromatic rings. The van der Waals surface area contributed by atoms with E-state index < -0.39 is 7.12 Å². The van der Waals surface area contributed by atoms with Crippen molar-refractivity contribution >= 4 is 33.6 Å². The maximum Gasteiger partial charge on any atom is 0.519 e. The first-order valence-corrected chi connectivity index (χ1v) is 6.38. The smallest absolute Gasteiger partial charge is 0.422 e. The summed E-state index contributed by atoms with van der Waals surface area (Å²) in [5, 5.41) is 18.2. The van der Waals surface area contributed by atoms with Gasteiger partial charge in [0.25, 0.3) is 0 Å². The lowest BCUT2D eigenvalue weighted by Gasteiger charge is -2.00. The molecule has 0 bridgehead atoms. The Balaban J connectivity index is 2.11. The molecule has 0 saturated carbocycles. The zero-order chi connectivity index (χ0) is 12.5. The van der Waals surface area contributed by atoms with Gasteiger partial charge in [-0.3, -0.25) is 0 Å². The molecule has 1 aromatic heterocycles. The van der Waals surface area contributed by atoms with E-state index in [4.69, 9.17) is 10.0 Å². The SMILES string of the molecule is OB(O)c1nc2ccc(-c3ccccc3)cc2s1. The average molecular weight is 255 g/mol. The monoisotopic (exact) mass is 255 g/mol. The van der Waals surface area contributed by atoms with Crippen molar-refractivity contribution in [1.29, 1.82) is 0 Å². The van der Waals surface area contributed by atoms with E-state index >= 15 is 0 Å².